The average Bonchev–Trinajstić information content (AvgIpc) is 2.27. The van der Waals surface area contributed by atoms with E-state index in [1.807, 2.05) is 0 Å². The predicted octanol–water partition coefficient (Wildman–Crippen LogP) is 2.38. The average molecular weight is 262 g/mol. The van der Waals surface area contributed by atoms with Gasteiger partial charge < -0.3 is 0 Å². The number of hydrogen-bond donors (Lipinski definition) is 1. The zero-order valence-electron chi connectivity index (χ0n) is 8.35. The van der Waals surface area contributed by atoms with Gasteiger partial charge in [0.1, 0.15) is 5.38 Å². The fourth-order valence-corrected chi connectivity index (χ4v) is 1.40. The fraction of sp³-hybridized carbons (Fsp3) is 0.200. The number of imide groups is 1. The monoisotopic (exact) mass is 261 g/mol. The Morgan fingerprint density at radius 1 is 1.31 bits per heavy atom. The van der Waals surface area contributed by atoms with Crippen LogP contribution >= 0.6 is 23.2 Å². The Morgan fingerprint density at radius 2 is 1.81 bits per heavy atom. The van der Waals surface area contributed by atoms with Crippen LogP contribution in [-0.2, 0) is 9.59 Å². The standard InChI is InChI=1S/C10H9Cl2NO3/c1-6(14)13(16)10(15)9(12)7-2-4-8(11)5-3-7/h2-5,9,16H,1H3. The molecule has 86 valence electrons. The minimum Gasteiger partial charge on any atom is -0.278 e. The zero-order chi connectivity index (χ0) is 12.3. The lowest BCUT2D eigenvalue weighted by Crippen LogP contribution is -2.34. The van der Waals surface area contributed by atoms with Crippen LogP contribution in [0.1, 0.15) is 17.9 Å². The lowest BCUT2D eigenvalue weighted by Gasteiger charge is -2.14. The van der Waals surface area contributed by atoms with Gasteiger partial charge in [0.05, 0.1) is 0 Å². The van der Waals surface area contributed by atoms with E-state index in [0.29, 0.717) is 10.6 Å². The van der Waals surface area contributed by atoms with Gasteiger partial charge in [0, 0.05) is 11.9 Å². The Kier molecular flexibility index (Phi) is 4.29. The number of benzene rings is 1. The molecule has 1 N–H and O–H groups in total. The van der Waals surface area contributed by atoms with E-state index in [4.69, 9.17) is 28.4 Å². The van der Waals surface area contributed by atoms with Crippen molar-refractivity contribution < 1.29 is 14.8 Å². The molecular weight excluding hydrogens is 253 g/mol. The summed E-state index contributed by atoms with van der Waals surface area (Å²) in [4.78, 5) is 22.2. The van der Waals surface area contributed by atoms with Gasteiger partial charge in [-0.1, -0.05) is 23.7 Å². The number of hydrogen-bond acceptors (Lipinski definition) is 3. The normalized spacial score (nSPS) is 12.0. The number of nitrogens with zero attached hydrogens (tertiary/aromatic N) is 1. The number of alkyl halides is 1. The molecule has 0 saturated heterocycles. The highest BCUT2D eigenvalue weighted by Crippen LogP contribution is 2.23. The van der Waals surface area contributed by atoms with Crippen LogP contribution in [0.2, 0.25) is 5.02 Å². The van der Waals surface area contributed by atoms with E-state index in [1.54, 1.807) is 24.3 Å². The van der Waals surface area contributed by atoms with E-state index in [9.17, 15) is 9.59 Å². The van der Waals surface area contributed by atoms with Gasteiger partial charge in [-0.25, -0.2) is 0 Å². The summed E-state index contributed by atoms with van der Waals surface area (Å²) in [7, 11) is 0. The number of hydroxylamine groups is 2. The molecule has 0 aliphatic carbocycles. The molecule has 1 rings (SSSR count). The van der Waals surface area contributed by atoms with Crippen molar-refractivity contribution in [2.24, 2.45) is 0 Å². The Hall–Kier alpha value is -1.10. The Labute approximate surface area is 102 Å². The van der Waals surface area contributed by atoms with Crippen molar-refractivity contribution in [3.05, 3.63) is 34.9 Å². The van der Waals surface area contributed by atoms with Gasteiger partial charge in [-0.2, -0.15) is 5.06 Å². The number of carbonyl (C=O) groups is 2. The van der Waals surface area contributed by atoms with E-state index in [-0.39, 0.29) is 5.06 Å². The van der Waals surface area contributed by atoms with Crippen LogP contribution in [-0.4, -0.2) is 22.1 Å². The minimum absolute atomic E-state index is 0.00766. The SMILES string of the molecule is CC(=O)N(O)C(=O)C(Cl)c1ccc(Cl)cc1. The molecule has 0 spiro atoms. The quantitative estimate of drug-likeness (QED) is 0.505. The van der Waals surface area contributed by atoms with Gasteiger partial charge in [-0.3, -0.25) is 14.8 Å². The number of halogens is 2. The zero-order valence-corrected chi connectivity index (χ0v) is 9.87. The molecule has 4 nitrogen and oxygen atoms in total. The summed E-state index contributed by atoms with van der Waals surface area (Å²) in [6, 6.07) is 6.22. The largest absolute Gasteiger partial charge is 0.278 e. The highest BCUT2D eigenvalue weighted by Gasteiger charge is 2.25. The van der Waals surface area contributed by atoms with Gasteiger partial charge in [0.15, 0.2) is 0 Å². The maximum absolute atomic E-state index is 11.5. The van der Waals surface area contributed by atoms with Gasteiger partial charge in [-0.15, -0.1) is 11.6 Å². The molecule has 1 aromatic carbocycles. The molecular formula is C10H9Cl2NO3. The summed E-state index contributed by atoms with van der Waals surface area (Å²) in [5.74, 6) is -1.68. The molecule has 0 aliphatic rings. The molecule has 0 aromatic heterocycles. The van der Waals surface area contributed by atoms with Gasteiger partial charge in [0.25, 0.3) is 5.91 Å². The number of amides is 2. The molecule has 0 aliphatic heterocycles. The van der Waals surface area contributed by atoms with Crippen molar-refractivity contribution in [3.8, 4) is 0 Å². The molecule has 6 heteroatoms. The van der Waals surface area contributed by atoms with Crippen LogP contribution in [0.15, 0.2) is 24.3 Å². The first-order valence-corrected chi connectivity index (χ1v) is 5.18. The maximum atomic E-state index is 11.5. The molecule has 1 atom stereocenters. The Balaban J connectivity index is 2.85. The molecule has 0 saturated carbocycles. The first-order chi connectivity index (χ1) is 7.43. The molecule has 2 amide bonds. The van der Waals surface area contributed by atoms with Crippen molar-refractivity contribution in [1.82, 2.24) is 5.06 Å². The number of carbonyl (C=O) groups excluding carboxylic acids is 2. The molecule has 1 unspecified atom stereocenters. The third kappa shape index (κ3) is 2.95. The molecule has 0 bridgehead atoms. The van der Waals surface area contributed by atoms with E-state index in [0.717, 1.165) is 6.92 Å². The summed E-state index contributed by atoms with van der Waals surface area (Å²) in [6.45, 7) is 1.06. The van der Waals surface area contributed by atoms with E-state index in [2.05, 4.69) is 0 Å². The van der Waals surface area contributed by atoms with Crippen molar-refractivity contribution in [3.63, 3.8) is 0 Å². The second kappa shape index (κ2) is 5.30. The second-order valence-corrected chi connectivity index (χ2v) is 3.96. The summed E-state index contributed by atoms with van der Waals surface area (Å²) in [5.41, 5.74) is 0.455. The van der Waals surface area contributed by atoms with E-state index in [1.165, 1.54) is 0 Å². The summed E-state index contributed by atoms with van der Waals surface area (Å²) in [6.07, 6.45) is 0. The van der Waals surface area contributed by atoms with Crippen LogP contribution in [0.5, 0.6) is 0 Å². The summed E-state index contributed by atoms with van der Waals surface area (Å²) in [5, 5.41) is 8.49. The summed E-state index contributed by atoms with van der Waals surface area (Å²) < 4.78 is 0. The third-order valence-corrected chi connectivity index (χ3v) is 2.58. The van der Waals surface area contributed by atoms with Crippen molar-refractivity contribution >= 4 is 35.0 Å². The first-order valence-electron chi connectivity index (χ1n) is 4.36. The topological polar surface area (TPSA) is 57.6 Å². The van der Waals surface area contributed by atoms with Gasteiger partial charge in [-0.05, 0) is 17.7 Å². The van der Waals surface area contributed by atoms with Crippen LogP contribution < -0.4 is 0 Å². The van der Waals surface area contributed by atoms with Crippen LogP contribution in [0.25, 0.3) is 0 Å². The number of rotatable bonds is 2. The van der Waals surface area contributed by atoms with Gasteiger partial charge in [0.2, 0.25) is 5.91 Å². The third-order valence-electron chi connectivity index (χ3n) is 1.89. The van der Waals surface area contributed by atoms with Crippen molar-refractivity contribution in [2.45, 2.75) is 12.3 Å². The van der Waals surface area contributed by atoms with Crippen LogP contribution in [0, 0.1) is 0 Å². The van der Waals surface area contributed by atoms with Gasteiger partial charge >= 0.3 is 0 Å². The Morgan fingerprint density at radius 3 is 2.25 bits per heavy atom. The molecule has 0 radical (unpaired) electrons. The minimum atomic E-state index is -1.12. The van der Waals surface area contributed by atoms with Crippen LogP contribution in [0.3, 0.4) is 0 Å². The van der Waals surface area contributed by atoms with Crippen molar-refractivity contribution in [1.29, 1.82) is 0 Å². The highest BCUT2D eigenvalue weighted by molar-refractivity contribution is 6.32. The lowest BCUT2D eigenvalue weighted by atomic mass is 10.1. The van der Waals surface area contributed by atoms with Crippen LogP contribution in [0.4, 0.5) is 0 Å². The smallest absolute Gasteiger partial charge is 0.275 e. The van der Waals surface area contributed by atoms with E-state index < -0.39 is 17.2 Å². The molecule has 16 heavy (non-hydrogen) atoms. The first kappa shape index (κ1) is 13.0. The molecule has 0 heterocycles. The molecule has 0 fully saturated rings. The van der Waals surface area contributed by atoms with Crippen molar-refractivity contribution in [2.75, 3.05) is 0 Å². The lowest BCUT2D eigenvalue weighted by molar-refractivity contribution is -0.177. The Bertz CT molecular complexity index is 405. The predicted molar refractivity (Wildman–Crippen MR) is 59.4 cm³/mol. The maximum Gasteiger partial charge on any atom is 0.275 e. The summed E-state index contributed by atoms with van der Waals surface area (Å²) >= 11 is 11.5. The fourth-order valence-electron chi connectivity index (χ4n) is 1.04. The highest BCUT2D eigenvalue weighted by atomic mass is 35.5. The molecule has 1 aromatic rings. The van der Waals surface area contributed by atoms with E-state index >= 15 is 0 Å². The second-order valence-electron chi connectivity index (χ2n) is 3.08.